The predicted molar refractivity (Wildman–Crippen MR) is 106 cm³/mol. The number of benzene rings is 1. The van der Waals surface area contributed by atoms with E-state index >= 15 is 0 Å². The van der Waals surface area contributed by atoms with E-state index in [1.54, 1.807) is 6.07 Å². The van der Waals surface area contributed by atoms with Crippen molar-refractivity contribution in [1.82, 2.24) is 9.97 Å². The molecule has 11 heteroatoms. The largest absolute Gasteiger partial charge is 0.471 e. The Hall–Kier alpha value is -2.98. The molecule has 1 aromatic heterocycles. The van der Waals surface area contributed by atoms with E-state index in [1.807, 2.05) is 19.0 Å². The Bertz CT molecular complexity index is 928. The van der Waals surface area contributed by atoms with Gasteiger partial charge in [-0.2, -0.15) is 13.2 Å². The molecule has 1 aliphatic rings. The summed E-state index contributed by atoms with van der Waals surface area (Å²) in [6.45, 7) is 0. The lowest BCUT2D eigenvalue weighted by Gasteiger charge is -2.37. The number of aromatic nitrogens is 2. The molecular weight excluding hydrogens is 421 g/mol. The maximum atomic E-state index is 13.6. The second kappa shape index (κ2) is 9.03. The van der Waals surface area contributed by atoms with Gasteiger partial charge in [0.05, 0.1) is 0 Å². The maximum absolute atomic E-state index is 13.6. The van der Waals surface area contributed by atoms with Crippen LogP contribution in [0, 0.1) is 11.6 Å². The Balaban J connectivity index is 1.74. The monoisotopic (exact) mass is 443 g/mol. The summed E-state index contributed by atoms with van der Waals surface area (Å²) in [5.41, 5.74) is -0.316. The highest BCUT2D eigenvalue weighted by molar-refractivity contribution is 5.97. The maximum Gasteiger partial charge on any atom is 0.471 e. The van der Waals surface area contributed by atoms with Crippen LogP contribution in [0.3, 0.4) is 0 Å². The molecule has 2 aromatic rings. The zero-order valence-electron chi connectivity index (χ0n) is 17.0. The molecule has 0 aliphatic heterocycles. The van der Waals surface area contributed by atoms with Gasteiger partial charge in [-0.1, -0.05) is 0 Å². The van der Waals surface area contributed by atoms with Crippen LogP contribution in [-0.2, 0) is 4.79 Å². The number of anilines is 3. The number of carbonyl (C=O) groups is 1. The Labute approximate surface area is 176 Å². The normalized spacial score (nSPS) is 19.1. The number of hydrogen-bond acceptors (Lipinski definition) is 5. The van der Waals surface area contributed by atoms with Crippen LogP contribution in [0.15, 0.2) is 30.6 Å². The molecule has 1 N–H and O–H groups in total. The van der Waals surface area contributed by atoms with Gasteiger partial charge < -0.3 is 15.1 Å². The Kier molecular flexibility index (Phi) is 6.61. The van der Waals surface area contributed by atoms with Crippen molar-refractivity contribution in [3.63, 3.8) is 0 Å². The summed E-state index contributed by atoms with van der Waals surface area (Å²) in [5.74, 6) is -3.31. The second-order valence-corrected chi connectivity index (χ2v) is 7.58. The zero-order chi connectivity index (χ0) is 22.8. The number of carbonyl (C=O) groups excluding carboxylic acids is 1. The van der Waals surface area contributed by atoms with E-state index in [4.69, 9.17) is 0 Å². The average molecular weight is 443 g/mol. The third-order valence-corrected chi connectivity index (χ3v) is 5.17. The van der Waals surface area contributed by atoms with Gasteiger partial charge in [-0.3, -0.25) is 4.79 Å². The summed E-state index contributed by atoms with van der Waals surface area (Å²) in [4.78, 5) is 22.7. The predicted octanol–water partition coefficient (Wildman–Crippen LogP) is 4.14. The van der Waals surface area contributed by atoms with E-state index in [1.165, 1.54) is 6.33 Å². The summed E-state index contributed by atoms with van der Waals surface area (Å²) >= 11 is 0. The minimum absolute atomic E-state index is 0.0612. The van der Waals surface area contributed by atoms with E-state index in [0.29, 0.717) is 41.5 Å². The average Bonchev–Trinajstić information content (AvgIpc) is 2.71. The molecule has 1 heterocycles. The number of rotatable bonds is 5. The van der Waals surface area contributed by atoms with Gasteiger partial charge in [0.2, 0.25) is 0 Å². The molecule has 0 saturated heterocycles. The van der Waals surface area contributed by atoms with Crippen molar-refractivity contribution in [2.45, 2.75) is 43.9 Å². The number of amides is 1. The van der Waals surface area contributed by atoms with Crippen LogP contribution < -0.4 is 15.1 Å². The van der Waals surface area contributed by atoms with Crippen molar-refractivity contribution < 1.29 is 26.7 Å². The van der Waals surface area contributed by atoms with Crippen molar-refractivity contribution in [1.29, 1.82) is 0 Å². The van der Waals surface area contributed by atoms with Crippen LogP contribution >= 0.6 is 0 Å². The molecule has 0 radical (unpaired) electrons. The van der Waals surface area contributed by atoms with E-state index in [2.05, 4.69) is 15.3 Å². The third-order valence-electron chi connectivity index (χ3n) is 5.17. The highest BCUT2D eigenvalue weighted by Gasteiger charge is 2.46. The standard InChI is InChI=1S/C20H22F5N5O/c1-29(2)18-10-17(26-11-27-18)28-12-3-5-13(6-4-12)30(19(31)20(23,24)25)14-7-8-15(21)16(22)9-14/h7-13H,3-6H2,1-2H3,(H,26,27,28). The van der Waals surface area contributed by atoms with Gasteiger partial charge in [0.15, 0.2) is 11.6 Å². The minimum atomic E-state index is -5.14. The fourth-order valence-corrected chi connectivity index (χ4v) is 3.62. The topological polar surface area (TPSA) is 61.4 Å². The van der Waals surface area contributed by atoms with Gasteiger partial charge >= 0.3 is 12.1 Å². The van der Waals surface area contributed by atoms with Crippen molar-refractivity contribution in [3.05, 3.63) is 42.2 Å². The van der Waals surface area contributed by atoms with Crippen LogP contribution in [0.4, 0.5) is 39.3 Å². The number of nitrogens with zero attached hydrogens (tertiary/aromatic N) is 4. The molecule has 1 saturated carbocycles. The highest BCUT2D eigenvalue weighted by Crippen LogP contribution is 2.33. The molecule has 0 spiro atoms. The van der Waals surface area contributed by atoms with E-state index in [-0.39, 0.29) is 24.6 Å². The zero-order valence-corrected chi connectivity index (χ0v) is 17.0. The molecule has 0 unspecified atom stereocenters. The first kappa shape index (κ1) is 22.7. The molecular formula is C20H22F5N5O. The van der Waals surface area contributed by atoms with Crippen LogP contribution in [0.2, 0.25) is 0 Å². The van der Waals surface area contributed by atoms with Gasteiger partial charge in [0, 0.05) is 44.0 Å². The van der Waals surface area contributed by atoms with Crippen molar-refractivity contribution >= 4 is 23.2 Å². The number of alkyl halides is 3. The lowest BCUT2D eigenvalue weighted by Crippen LogP contribution is -2.49. The molecule has 1 fully saturated rings. The van der Waals surface area contributed by atoms with Crippen LogP contribution in [0.25, 0.3) is 0 Å². The summed E-state index contributed by atoms with van der Waals surface area (Å²) in [7, 11) is 3.67. The third kappa shape index (κ3) is 5.39. The van der Waals surface area contributed by atoms with Gasteiger partial charge in [-0.25, -0.2) is 18.7 Å². The Morgan fingerprint density at radius 1 is 1.03 bits per heavy atom. The molecule has 1 aliphatic carbocycles. The summed E-state index contributed by atoms with van der Waals surface area (Å²) in [5, 5.41) is 3.24. The molecule has 168 valence electrons. The van der Waals surface area contributed by atoms with Crippen molar-refractivity contribution in [2.75, 3.05) is 29.2 Å². The van der Waals surface area contributed by atoms with E-state index < -0.39 is 29.8 Å². The molecule has 0 bridgehead atoms. The SMILES string of the molecule is CN(C)c1cc(NC2CCC(N(C(=O)C(F)(F)F)c3ccc(F)c(F)c3)CC2)ncn1. The fourth-order valence-electron chi connectivity index (χ4n) is 3.62. The van der Waals surface area contributed by atoms with Crippen molar-refractivity contribution in [3.8, 4) is 0 Å². The molecule has 6 nitrogen and oxygen atoms in total. The van der Waals surface area contributed by atoms with Gasteiger partial charge in [0.25, 0.3) is 0 Å². The highest BCUT2D eigenvalue weighted by atomic mass is 19.4. The van der Waals surface area contributed by atoms with E-state index in [9.17, 15) is 26.7 Å². The van der Waals surface area contributed by atoms with Crippen LogP contribution in [-0.4, -0.2) is 48.2 Å². The van der Waals surface area contributed by atoms with Gasteiger partial charge in [-0.05, 0) is 37.8 Å². The van der Waals surface area contributed by atoms with Crippen molar-refractivity contribution in [2.24, 2.45) is 0 Å². The van der Waals surface area contributed by atoms with Crippen LogP contribution in [0.5, 0.6) is 0 Å². The van der Waals surface area contributed by atoms with Gasteiger partial charge in [-0.15, -0.1) is 0 Å². The molecule has 3 rings (SSSR count). The molecule has 1 aromatic carbocycles. The molecule has 31 heavy (non-hydrogen) atoms. The Morgan fingerprint density at radius 3 is 2.29 bits per heavy atom. The first-order valence-corrected chi connectivity index (χ1v) is 9.67. The summed E-state index contributed by atoms with van der Waals surface area (Å²) in [6.07, 6.45) is -2.28. The molecule has 0 atom stereocenters. The second-order valence-electron chi connectivity index (χ2n) is 7.58. The number of nitrogens with one attached hydrogen (secondary N) is 1. The lowest BCUT2D eigenvalue weighted by molar-refractivity contribution is -0.171. The van der Waals surface area contributed by atoms with Crippen LogP contribution in [0.1, 0.15) is 25.7 Å². The minimum Gasteiger partial charge on any atom is -0.367 e. The lowest BCUT2D eigenvalue weighted by atomic mass is 9.89. The Morgan fingerprint density at radius 2 is 1.71 bits per heavy atom. The number of hydrogen-bond donors (Lipinski definition) is 1. The summed E-state index contributed by atoms with van der Waals surface area (Å²) in [6, 6.07) is 3.22. The smallest absolute Gasteiger partial charge is 0.367 e. The van der Waals surface area contributed by atoms with E-state index in [0.717, 1.165) is 6.07 Å². The fraction of sp³-hybridized carbons (Fsp3) is 0.450. The molecule has 1 amide bonds. The quantitative estimate of drug-likeness (QED) is 0.704. The first-order valence-electron chi connectivity index (χ1n) is 9.67. The van der Waals surface area contributed by atoms with Gasteiger partial charge in [0.1, 0.15) is 18.0 Å². The number of halogens is 5. The first-order chi connectivity index (χ1) is 14.6. The summed E-state index contributed by atoms with van der Waals surface area (Å²) < 4.78 is 66.5.